The van der Waals surface area contributed by atoms with Gasteiger partial charge in [-0.2, -0.15) is 13.4 Å². The molecule has 0 radical (unpaired) electrons. The van der Waals surface area contributed by atoms with Crippen molar-refractivity contribution in [2.45, 2.75) is 11.8 Å². The van der Waals surface area contributed by atoms with Crippen LogP contribution in [0.2, 0.25) is 0 Å². The second kappa shape index (κ2) is 7.69. The van der Waals surface area contributed by atoms with E-state index < -0.39 is 21.5 Å². The molecule has 4 aromatic rings. The fraction of sp³-hybridized carbons (Fsp3) is 0.100. The van der Waals surface area contributed by atoms with Crippen LogP contribution in [0.15, 0.2) is 68.9 Å². The highest BCUT2D eigenvalue weighted by Gasteiger charge is 2.19. The van der Waals surface area contributed by atoms with Crippen molar-refractivity contribution in [3.05, 3.63) is 76.6 Å². The predicted molar refractivity (Wildman–Crippen MR) is 115 cm³/mol. The van der Waals surface area contributed by atoms with E-state index in [9.17, 15) is 13.2 Å². The lowest BCUT2D eigenvalue weighted by Gasteiger charge is -2.06. The van der Waals surface area contributed by atoms with Crippen molar-refractivity contribution >= 4 is 27.0 Å². The summed E-state index contributed by atoms with van der Waals surface area (Å²) in [5.41, 5.74) is 7.21. The van der Waals surface area contributed by atoms with Crippen LogP contribution in [0.4, 0.5) is 0 Å². The lowest BCUT2D eigenvalue weighted by molar-refractivity contribution is 0.415. The molecule has 0 aliphatic rings. The number of imidazole rings is 1. The lowest BCUT2D eigenvalue weighted by atomic mass is 10.2. The lowest BCUT2D eigenvalue weighted by Crippen LogP contribution is -2.24. The van der Waals surface area contributed by atoms with E-state index in [1.807, 2.05) is 6.92 Å². The van der Waals surface area contributed by atoms with Crippen molar-refractivity contribution in [2.75, 3.05) is 7.11 Å². The van der Waals surface area contributed by atoms with Gasteiger partial charge in [-0.1, -0.05) is 17.7 Å². The van der Waals surface area contributed by atoms with Gasteiger partial charge >= 0.3 is 5.69 Å². The molecule has 2 aromatic carbocycles. The molecule has 158 valence electrons. The van der Waals surface area contributed by atoms with Gasteiger partial charge < -0.3 is 15.5 Å². The maximum atomic E-state index is 12.6. The van der Waals surface area contributed by atoms with Crippen molar-refractivity contribution in [1.29, 1.82) is 0 Å². The Hall–Kier alpha value is -3.99. The Labute approximate surface area is 177 Å². The Morgan fingerprint density at radius 1 is 1.13 bits per heavy atom. The normalized spacial score (nSPS) is 12.3. The van der Waals surface area contributed by atoms with E-state index >= 15 is 0 Å². The molecule has 2 heterocycles. The molecule has 10 nitrogen and oxygen atoms in total. The Balaban J connectivity index is 1.82. The third kappa shape index (κ3) is 3.90. The van der Waals surface area contributed by atoms with E-state index in [4.69, 9.17) is 10.5 Å². The summed E-state index contributed by atoms with van der Waals surface area (Å²) in [4.78, 5) is 22.8. The second-order valence-electron chi connectivity index (χ2n) is 6.67. The van der Waals surface area contributed by atoms with Crippen molar-refractivity contribution < 1.29 is 13.2 Å². The van der Waals surface area contributed by atoms with Gasteiger partial charge in [-0.05, 0) is 43.3 Å². The fourth-order valence-corrected chi connectivity index (χ4v) is 3.91. The number of aryl methyl sites for hydroxylation is 1. The number of fused-ring (bicyclic) bond motifs is 1. The summed E-state index contributed by atoms with van der Waals surface area (Å²) in [5, 5.41) is 0. The number of hydrogen-bond donors (Lipinski definition) is 2. The molecule has 0 saturated heterocycles. The standard InChI is InChI=1S/C20H18N6O4S/c1-12-3-9-15(10-4-12)31(28,29)25-18(21)16-17-19(24-20(27)23-16)26(11-22-17)13-5-7-14(30-2)8-6-13/h3-11H,1-2H3,(H2,21,25)(H,23,24,27). The minimum atomic E-state index is -4.09. The molecule has 31 heavy (non-hydrogen) atoms. The predicted octanol–water partition coefficient (Wildman–Crippen LogP) is 1.52. The second-order valence-corrected chi connectivity index (χ2v) is 8.27. The largest absolute Gasteiger partial charge is 0.497 e. The number of ether oxygens (including phenoxy) is 1. The summed E-state index contributed by atoms with van der Waals surface area (Å²) in [5.74, 6) is 0.266. The molecule has 3 N–H and O–H groups in total. The number of aromatic amines is 1. The highest BCUT2D eigenvalue weighted by atomic mass is 32.2. The summed E-state index contributed by atoms with van der Waals surface area (Å²) in [7, 11) is -2.53. The third-order valence-corrected chi connectivity index (χ3v) is 5.87. The summed E-state index contributed by atoms with van der Waals surface area (Å²) in [6.45, 7) is 1.84. The van der Waals surface area contributed by atoms with Gasteiger partial charge in [0.05, 0.1) is 12.0 Å². The Bertz CT molecular complexity index is 1450. The monoisotopic (exact) mass is 438 g/mol. The molecule has 4 rings (SSSR count). The molecule has 0 aliphatic carbocycles. The SMILES string of the molecule is COc1ccc(-n2cnc3c(/C(N)=N/S(=O)(=O)c4ccc(C)cc4)[nH]c(=O)nc32)cc1. The number of amidine groups is 1. The molecule has 0 fully saturated rings. The molecule has 0 aliphatic heterocycles. The molecule has 0 spiro atoms. The number of H-pyrrole nitrogens is 1. The van der Waals surface area contributed by atoms with Crippen LogP contribution in [-0.4, -0.2) is 40.9 Å². The first-order valence-corrected chi connectivity index (χ1v) is 10.5. The van der Waals surface area contributed by atoms with Crippen LogP contribution in [-0.2, 0) is 10.0 Å². The molecule has 0 atom stereocenters. The number of aromatic nitrogens is 4. The molecule has 11 heteroatoms. The van der Waals surface area contributed by atoms with E-state index in [0.29, 0.717) is 11.4 Å². The Morgan fingerprint density at radius 2 is 1.81 bits per heavy atom. The van der Waals surface area contributed by atoms with Crippen LogP contribution in [0.5, 0.6) is 5.75 Å². The van der Waals surface area contributed by atoms with Crippen LogP contribution in [0, 0.1) is 6.92 Å². The molecule has 0 bridgehead atoms. The van der Waals surface area contributed by atoms with E-state index in [2.05, 4.69) is 19.3 Å². The first-order valence-electron chi connectivity index (χ1n) is 9.08. The average molecular weight is 438 g/mol. The maximum absolute atomic E-state index is 12.6. The molecule has 0 saturated carbocycles. The fourth-order valence-electron chi connectivity index (χ4n) is 2.97. The van der Waals surface area contributed by atoms with Crippen molar-refractivity contribution in [2.24, 2.45) is 10.1 Å². The number of methoxy groups -OCH3 is 1. The van der Waals surface area contributed by atoms with E-state index in [0.717, 1.165) is 5.56 Å². The summed E-state index contributed by atoms with van der Waals surface area (Å²) >= 11 is 0. The highest BCUT2D eigenvalue weighted by Crippen LogP contribution is 2.20. The van der Waals surface area contributed by atoms with Crippen molar-refractivity contribution in [3.63, 3.8) is 0 Å². The van der Waals surface area contributed by atoms with Crippen LogP contribution >= 0.6 is 0 Å². The molecule has 0 unspecified atom stereocenters. The smallest absolute Gasteiger partial charge is 0.347 e. The van der Waals surface area contributed by atoms with Crippen LogP contribution in [0.25, 0.3) is 16.9 Å². The zero-order valence-electron chi connectivity index (χ0n) is 16.6. The molecule has 2 aromatic heterocycles. The minimum Gasteiger partial charge on any atom is -0.497 e. The van der Waals surface area contributed by atoms with Gasteiger partial charge in [-0.25, -0.2) is 9.78 Å². The van der Waals surface area contributed by atoms with E-state index in [1.165, 1.54) is 18.5 Å². The van der Waals surface area contributed by atoms with Crippen LogP contribution in [0.3, 0.4) is 0 Å². The average Bonchev–Trinajstić information content (AvgIpc) is 3.16. The maximum Gasteiger partial charge on any atom is 0.347 e. The number of benzene rings is 2. The van der Waals surface area contributed by atoms with E-state index in [1.54, 1.807) is 48.1 Å². The van der Waals surface area contributed by atoms with Crippen LogP contribution in [0.1, 0.15) is 11.3 Å². The number of hydrogen-bond acceptors (Lipinski definition) is 6. The molecule has 0 amide bonds. The van der Waals surface area contributed by atoms with E-state index in [-0.39, 0.29) is 21.8 Å². The van der Waals surface area contributed by atoms with Gasteiger partial charge in [-0.3, -0.25) is 4.57 Å². The summed E-state index contributed by atoms with van der Waals surface area (Å²) in [6.07, 6.45) is 1.46. The molecular formula is C20H18N6O4S. The number of nitrogens with one attached hydrogen (secondary N) is 1. The first kappa shape index (κ1) is 20.3. The van der Waals surface area contributed by atoms with Crippen molar-refractivity contribution in [3.8, 4) is 11.4 Å². The Kier molecular flexibility index (Phi) is 5.03. The van der Waals surface area contributed by atoms with Gasteiger partial charge in [-0.15, -0.1) is 4.40 Å². The number of rotatable bonds is 5. The first-order chi connectivity index (χ1) is 14.8. The quantitative estimate of drug-likeness (QED) is 0.355. The Morgan fingerprint density at radius 3 is 2.45 bits per heavy atom. The number of sulfonamides is 1. The van der Waals surface area contributed by atoms with Crippen LogP contribution < -0.4 is 16.2 Å². The topological polar surface area (TPSA) is 145 Å². The highest BCUT2D eigenvalue weighted by molar-refractivity contribution is 7.90. The number of nitrogens with two attached hydrogens (primary N) is 1. The molecular weight excluding hydrogens is 420 g/mol. The zero-order chi connectivity index (χ0) is 22.2. The van der Waals surface area contributed by atoms with Crippen molar-refractivity contribution in [1.82, 2.24) is 19.5 Å². The van der Waals surface area contributed by atoms with Gasteiger partial charge in [0.25, 0.3) is 10.0 Å². The summed E-state index contributed by atoms with van der Waals surface area (Å²) in [6, 6.07) is 13.2. The van der Waals surface area contributed by atoms with Gasteiger partial charge in [0.2, 0.25) is 0 Å². The number of nitrogens with zero attached hydrogens (tertiary/aromatic N) is 4. The summed E-state index contributed by atoms with van der Waals surface area (Å²) < 4.78 is 35.7. The van der Waals surface area contributed by atoms with Gasteiger partial charge in [0.1, 0.15) is 23.3 Å². The van der Waals surface area contributed by atoms with Gasteiger partial charge in [0.15, 0.2) is 11.5 Å². The zero-order valence-corrected chi connectivity index (χ0v) is 17.4. The minimum absolute atomic E-state index is 0.0162. The van der Waals surface area contributed by atoms with Gasteiger partial charge in [0, 0.05) is 5.69 Å². The third-order valence-electron chi connectivity index (χ3n) is 4.56.